The Balaban J connectivity index is 2.13. The van der Waals surface area contributed by atoms with Crippen molar-refractivity contribution in [1.29, 1.82) is 0 Å². The van der Waals surface area contributed by atoms with Crippen molar-refractivity contribution >= 4 is 5.65 Å². The number of fused-ring (bicyclic) bond motifs is 7. The normalized spacial score (nSPS) is 25.5. The lowest BCUT2D eigenvalue weighted by atomic mass is 9.97. The Kier molecular flexibility index (Phi) is 1.64. The van der Waals surface area contributed by atoms with Crippen molar-refractivity contribution in [2.75, 3.05) is 7.11 Å². The van der Waals surface area contributed by atoms with E-state index in [4.69, 9.17) is 4.74 Å². The van der Waals surface area contributed by atoms with Gasteiger partial charge in [-0.25, -0.2) is 0 Å². The van der Waals surface area contributed by atoms with E-state index in [-0.39, 0.29) is 0 Å². The zero-order chi connectivity index (χ0) is 11.6. The standard InChI is InChI=1S/C12H14N4O/c1-6-11-13-12(17-2)9-7-3-4-8(5-7)10(9)16(11)15-14-6/h7-8H,3-5H2,1-2H3. The largest absolute Gasteiger partial charge is 0.481 e. The van der Waals surface area contributed by atoms with Gasteiger partial charge >= 0.3 is 0 Å². The SMILES string of the molecule is COc1nc2c(C)nnn2c2c1C1CCC2C1. The molecule has 0 spiro atoms. The first kappa shape index (κ1) is 9.39. The van der Waals surface area contributed by atoms with E-state index in [9.17, 15) is 0 Å². The molecule has 0 aliphatic heterocycles. The summed E-state index contributed by atoms with van der Waals surface area (Å²) in [7, 11) is 1.70. The van der Waals surface area contributed by atoms with E-state index in [2.05, 4.69) is 15.3 Å². The number of aromatic nitrogens is 4. The lowest BCUT2D eigenvalue weighted by molar-refractivity contribution is 0.387. The van der Waals surface area contributed by atoms with Crippen molar-refractivity contribution in [2.45, 2.75) is 38.0 Å². The lowest BCUT2D eigenvalue weighted by Crippen LogP contribution is -2.10. The third-order valence-corrected chi connectivity index (χ3v) is 4.17. The summed E-state index contributed by atoms with van der Waals surface area (Å²) in [6.45, 7) is 1.94. The van der Waals surface area contributed by atoms with Crippen molar-refractivity contribution in [3.8, 4) is 5.88 Å². The average molecular weight is 230 g/mol. The van der Waals surface area contributed by atoms with Crippen LogP contribution in [0.4, 0.5) is 0 Å². The number of hydrogen-bond donors (Lipinski definition) is 0. The molecule has 17 heavy (non-hydrogen) atoms. The highest BCUT2D eigenvalue weighted by molar-refractivity contribution is 5.53. The number of methoxy groups -OCH3 is 1. The highest BCUT2D eigenvalue weighted by Crippen LogP contribution is 2.55. The van der Waals surface area contributed by atoms with E-state index in [0.717, 1.165) is 17.2 Å². The molecule has 2 aliphatic rings. The van der Waals surface area contributed by atoms with Crippen LogP contribution >= 0.6 is 0 Å². The maximum absolute atomic E-state index is 5.46. The molecule has 0 radical (unpaired) electrons. The van der Waals surface area contributed by atoms with Gasteiger partial charge in [-0.1, -0.05) is 5.21 Å². The molecule has 0 N–H and O–H groups in total. The number of aryl methyl sites for hydroxylation is 1. The van der Waals surface area contributed by atoms with Crippen LogP contribution in [-0.2, 0) is 0 Å². The van der Waals surface area contributed by atoms with Gasteiger partial charge in [0, 0.05) is 11.5 Å². The van der Waals surface area contributed by atoms with Gasteiger partial charge in [0.2, 0.25) is 5.88 Å². The topological polar surface area (TPSA) is 52.3 Å². The van der Waals surface area contributed by atoms with Gasteiger partial charge in [0.25, 0.3) is 0 Å². The predicted molar refractivity (Wildman–Crippen MR) is 61.4 cm³/mol. The fourth-order valence-electron chi connectivity index (χ4n) is 3.45. The summed E-state index contributed by atoms with van der Waals surface area (Å²) in [6.07, 6.45) is 3.75. The summed E-state index contributed by atoms with van der Waals surface area (Å²) >= 11 is 0. The Morgan fingerprint density at radius 1 is 1.29 bits per heavy atom. The van der Waals surface area contributed by atoms with Crippen LogP contribution in [0.15, 0.2) is 0 Å². The van der Waals surface area contributed by atoms with E-state index in [1.54, 1.807) is 7.11 Å². The summed E-state index contributed by atoms with van der Waals surface area (Å²) < 4.78 is 7.39. The second kappa shape index (κ2) is 2.97. The molecule has 88 valence electrons. The van der Waals surface area contributed by atoms with Crippen LogP contribution in [0.25, 0.3) is 5.65 Å². The molecule has 2 unspecified atom stereocenters. The lowest BCUT2D eigenvalue weighted by Gasteiger charge is -2.17. The average Bonchev–Trinajstić information content (AvgIpc) is 3.03. The molecule has 0 amide bonds. The number of hydrogen-bond acceptors (Lipinski definition) is 4. The first-order chi connectivity index (χ1) is 8.29. The molecule has 5 heteroatoms. The Morgan fingerprint density at radius 3 is 2.94 bits per heavy atom. The minimum Gasteiger partial charge on any atom is -0.481 e. The Morgan fingerprint density at radius 2 is 2.12 bits per heavy atom. The first-order valence-corrected chi connectivity index (χ1v) is 6.09. The van der Waals surface area contributed by atoms with E-state index in [0.29, 0.717) is 11.8 Å². The van der Waals surface area contributed by atoms with E-state index in [1.807, 2.05) is 11.4 Å². The Hall–Kier alpha value is -1.65. The van der Waals surface area contributed by atoms with Gasteiger partial charge in [-0.05, 0) is 32.1 Å². The van der Waals surface area contributed by atoms with Gasteiger partial charge in [0.05, 0.1) is 12.8 Å². The van der Waals surface area contributed by atoms with Gasteiger partial charge in [-0.2, -0.15) is 9.50 Å². The van der Waals surface area contributed by atoms with Crippen LogP contribution < -0.4 is 4.74 Å². The Bertz CT molecular complexity index is 618. The molecule has 2 aromatic heterocycles. The Labute approximate surface area is 98.8 Å². The summed E-state index contributed by atoms with van der Waals surface area (Å²) in [5.74, 6) is 2.02. The fourth-order valence-corrected chi connectivity index (χ4v) is 3.45. The van der Waals surface area contributed by atoms with Crippen molar-refractivity contribution in [2.24, 2.45) is 0 Å². The van der Waals surface area contributed by atoms with Gasteiger partial charge in [-0.15, -0.1) is 5.10 Å². The van der Waals surface area contributed by atoms with Crippen LogP contribution in [0.5, 0.6) is 5.88 Å². The molecule has 2 aromatic rings. The van der Waals surface area contributed by atoms with Gasteiger partial charge in [0.1, 0.15) is 5.69 Å². The van der Waals surface area contributed by atoms with Crippen LogP contribution in [0.3, 0.4) is 0 Å². The second-order valence-corrected chi connectivity index (χ2v) is 5.04. The number of rotatable bonds is 1. The van der Waals surface area contributed by atoms with E-state index in [1.165, 1.54) is 30.5 Å². The zero-order valence-electron chi connectivity index (χ0n) is 9.97. The molecular weight excluding hydrogens is 216 g/mol. The number of nitrogens with zero attached hydrogens (tertiary/aromatic N) is 4. The zero-order valence-corrected chi connectivity index (χ0v) is 9.97. The van der Waals surface area contributed by atoms with Crippen molar-refractivity contribution < 1.29 is 4.74 Å². The van der Waals surface area contributed by atoms with E-state index < -0.39 is 0 Å². The van der Waals surface area contributed by atoms with Crippen LogP contribution in [0.1, 0.15) is 48.0 Å². The minimum atomic E-state index is 0.617. The first-order valence-electron chi connectivity index (χ1n) is 6.09. The number of ether oxygens (including phenoxy) is 1. The third kappa shape index (κ3) is 1.02. The fraction of sp³-hybridized carbons (Fsp3) is 0.583. The van der Waals surface area contributed by atoms with Crippen LogP contribution in [0, 0.1) is 6.92 Å². The molecular formula is C12H14N4O. The molecule has 0 saturated heterocycles. The smallest absolute Gasteiger partial charge is 0.220 e. The van der Waals surface area contributed by atoms with Gasteiger partial charge in [-0.3, -0.25) is 0 Å². The monoisotopic (exact) mass is 230 g/mol. The van der Waals surface area contributed by atoms with Gasteiger partial charge < -0.3 is 4.74 Å². The second-order valence-electron chi connectivity index (χ2n) is 5.04. The molecule has 4 rings (SSSR count). The molecule has 5 nitrogen and oxygen atoms in total. The van der Waals surface area contributed by atoms with E-state index >= 15 is 0 Å². The summed E-state index contributed by atoms with van der Waals surface area (Å²) in [4.78, 5) is 4.56. The highest BCUT2D eigenvalue weighted by atomic mass is 16.5. The molecule has 1 fully saturated rings. The highest BCUT2D eigenvalue weighted by Gasteiger charge is 2.42. The molecule has 2 heterocycles. The molecule has 0 aromatic carbocycles. The molecule has 2 atom stereocenters. The maximum Gasteiger partial charge on any atom is 0.220 e. The van der Waals surface area contributed by atoms with Crippen molar-refractivity contribution in [3.05, 3.63) is 17.0 Å². The van der Waals surface area contributed by atoms with Gasteiger partial charge in [0.15, 0.2) is 5.65 Å². The molecule has 2 aliphatic carbocycles. The molecule has 2 bridgehead atoms. The van der Waals surface area contributed by atoms with Crippen molar-refractivity contribution in [1.82, 2.24) is 19.8 Å². The quantitative estimate of drug-likeness (QED) is 0.749. The minimum absolute atomic E-state index is 0.617. The summed E-state index contributed by atoms with van der Waals surface area (Å²) in [5.41, 5.74) is 4.28. The van der Waals surface area contributed by atoms with Crippen LogP contribution in [-0.4, -0.2) is 26.9 Å². The molecule has 1 saturated carbocycles. The van der Waals surface area contributed by atoms with Crippen molar-refractivity contribution in [3.63, 3.8) is 0 Å². The predicted octanol–water partition coefficient (Wildman–Crippen LogP) is 1.81. The maximum atomic E-state index is 5.46. The third-order valence-electron chi connectivity index (χ3n) is 4.17. The summed E-state index contributed by atoms with van der Waals surface area (Å²) in [5, 5.41) is 8.36. The van der Waals surface area contributed by atoms with Crippen LogP contribution in [0.2, 0.25) is 0 Å². The summed E-state index contributed by atoms with van der Waals surface area (Å²) in [6, 6.07) is 0.